The molecule has 1 unspecified atom stereocenters. The van der Waals surface area contributed by atoms with Crippen molar-refractivity contribution in [1.29, 1.82) is 0 Å². The molecule has 1 aromatic carbocycles. The molecule has 0 radical (unpaired) electrons. The molecular formula is C22H33N3O6. The van der Waals surface area contributed by atoms with Crippen molar-refractivity contribution in [2.24, 2.45) is 0 Å². The first kappa shape index (κ1) is 25.9. The molecule has 9 nitrogen and oxygen atoms in total. The number of amides is 3. The van der Waals surface area contributed by atoms with E-state index in [4.69, 9.17) is 4.74 Å². The van der Waals surface area contributed by atoms with Crippen LogP contribution >= 0.6 is 0 Å². The van der Waals surface area contributed by atoms with Gasteiger partial charge in [0.05, 0.1) is 7.11 Å². The summed E-state index contributed by atoms with van der Waals surface area (Å²) in [6.45, 7) is 9.91. The van der Waals surface area contributed by atoms with Crippen molar-refractivity contribution < 1.29 is 28.7 Å². The number of carbonyl (C=O) groups excluding carboxylic acids is 4. The van der Waals surface area contributed by atoms with Crippen LogP contribution in [0, 0.1) is 6.92 Å². The van der Waals surface area contributed by atoms with Crippen LogP contribution in [0.5, 0.6) is 0 Å². The Kier molecular flexibility index (Phi) is 9.48. The molecule has 1 atom stereocenters. The van der Waals surface area contributed by atoms with E-state index in [1.807, 2.05) is 19.1 Å². The predicted octanol–water partition coefficient (Wildman–Crippen LogP) is 2.09. The fourth-order valence-electron chi connectivity index (χ4n) is 2.80. The first-order valence-electron chi connectivity index (χ1n) is 10.0. The first-order valence-corrected chi connectivity index (χ1v) is 10.0. The van der Waals surface area contributed by atoms with Gasteiger partial charge in [-0.3, -0.25) is 14.4 Å². The Balaban J connectivity index is 3.12. The van der Waals surface area contributed by atoms with Crippen molar-refractivity contribution in [3.8, 4) is 0 Å². The maximum absolute atomic E-state index is 13.0. The van der Waals surface area contributed by atoms with Crippen molar-refractivity contribution in [1.82, 2.24) is 15.5 Å². The average molecular weight is 436 g/mol. The molecule has 9 heteroatoms. The van der Waals surface area contributed by atoms with E-state index in [0.29, 0.717) is 5.56 Å². The van der Waals surface area contributed by atoms with Crippen molar-refractivity contribution in [2.45, 2.75) is 59.2 Å². The van der Waals surface area contributed by atoms with Gasteiger partial charge in [-0.15, -0.1) is 0 Å². The number of alkyl carbamates (subject to hydrolysis) is 1. The average Bonchev–Trinajstić information content (AvgIpc) is 2.67. The molecule has 0 fully saturated rings. The van der Waals surface area contributed by atoms with Crippen LogP contribution in [0.25, 0.3) is 0 Å². The molecule has 0 heterocycles. The number of rotatable bonds is 8. The molecule has 1 aromatic rings. The molecule has 1 rings (SSSR count). The molecule has 0 aliphatic carbocycles. The molecular weight excluding hydrogens is 402 g/mol. The van der Waals surface area contributed by atoms with Crippen LogP contribution < -0.4 is 10.6 Å². The number of aryl methyl sites for hydroxylation is 1. The second-order valence-corrected chi connectivity index (χ2v) is 8.36. The number of esters is 1. The van der Waals surface area contributed by atoms with E-state index in [-0.39, 0.29) is 19.1 Å². The van der Waals surface area contributed by atoms with E-state index in [1.165, 1.54) is 12.0 Å². The lowest BCUT2D eigenvalue weighted by Gasteiger charge is -2.34. The fourth-order valence-corrected chi connectivity index (χ4v) is 2.80. The SMILES string of the molecule is COC(=O)CNC(=O)C(c1ccc(C)cc1)N(C(=O)CNC(=O)OC(C)(C)C)C(C)C. The molecule has 0 bridgehead atoms. The number of hydrogen-bond acceptors (Lipinski definition) is 6. The summed E-state index contributed by atoms with van der Waals surface area (Å²) in [5.41, 5.74) is 0.863. The van der Waals surface area contributed by atoms with Crippen LogP contribution in [-0.4, -0.2) is 60.6 Å². The Labute approximate surface area is 183 Å². The maximum Gasteiger partial charge on any atom is 0.408 e. The van der Waals surface area contributed by atoms with Crippen molar-refractivity contribution >= 4 is 23.9 Å². The summed E-state index contributed by atoms with van der Waals surface area (Å²) in [5.74, 6) is -1.61. The Morgan fingerprint density at radius 3 is 2.06 bits per heavy atom. The highest BCUT2D eigenvalue weighted by Gasteiger charge is 2.33. The van der Waals surface area contributed by atoms with Crippen LogP contribution in [0.3, 0.4) is 0 Å². The van der Waals surface area contributed by atoms with E-state index < -0.39 is 35.5 Å². The zero-order valence-corrected chi connectivity index (χ0v) is 19.3. The highest BCUT2D eigenvalue weighted by atomic mass is 16.6. The molecule has 2 N–H and O–H groups in total. The standard InChI is InChI=1S/C22H33N3O6/c1-14(2)25(17(26)12-24-21(29)31-22(4,5)6)19(16-10-8-15(3)9-11-16)20(28)23-13-18(27)30-7/h8-11,14,19H,12-13H2,1-7H3,(H,23,28)(H,24,29). The summed E-state index contributed by atoms with van der Waals surface area (Å²) >= 11 is 0. The Morgan fingerprint density at radius 2 is 1.58 bits per heavy atom. The van der Waals surface area contributed by atoms with Gasteiger partial charge in [-0.25, -0.2) is 4.79 Å². The molecule has 172 valence electrons. The number of nitrogens with zero attached hydrogens (tertiary/aromatic N) is 1. The van der Waals surface area contributed by atoms with Crippen LogP contribution in [0.4, 0.5) is 4.79 Å². The van der Waals surface area contributed by atoms with Gasteiger partial charge >= 0.3 is 12.1 Å². The zero-order valence-electron chi connectivity index (χ0n) is 19.3. The third kappa shape index (κ3) is 8.65. The molecule has 0 aromatic heterocycles. The molecule has 31 heavy (non-hydrogen) atoms. The minimum Gasteiger partial charge on any atom is -0.468 e. The lowest BCUT2D eigenvalue weighted by Crippen LogP contribution is -2.51. The molecule has 0 spiro atoms. The van der Waals surface area contributed by atoms with Gasteiger partial charge in [0, 0.05) is 6.04 Å². The third-order valence-corrected chi connectivity index (χ3v) is 4.18. The van der Waals surface area contributed by atoms with E-state index in [0.717, 1.165) is 5.56 Å². The van der Waals surface area contributed by atoms with Gasteiger partial charge in [0.15, 0.2) is 0 Å². The fraction of sp³-hybridized carbons (Fsp3) is 0.545. The van der Waals surface area contributed by atoms with Gasteiger partial charge in [0.25, 0.3) is 0 Å². The van der Waals surface area contributed by atoms with Crippen LogP contribution in [-0.2, 0) is 23.9 Å². The predicted molar refractivity (Wildman–Crippen MR) is 115 cm³/mol. The zero-order chi connectivity index (χ0) is 23.8. The van der Waals surface area contributed by atoms with Gasteiger partial charge in [-0.1, -0.05) is 29.8 Å². The Bertz CT molecular complexity index is 783. The minimum absolute atomic E-state index is 0.325. The summed E-state index contributed by atoms with van der Waals surface area (Å²) in [7, 11) is 1.22. The third-order valence-electron chi connectivity index (χ3n) is 4.18. The van der Waals surface area contributed by atoms with Gasteiger partial charge in [-0.05, 0) is 47.1 Å². The smallest absolute Gasteiger partial charge is 0.408 e. The summed E-state index contributed by atoms with van der Waals surface area (Å²) in [4.78, 5) is 50.8. The summed E-state index contributed by atoms with van der Waals surface area (Å²) in [6, 6.07) is 5.79. The summed E-state index contributed by atoms with van der Waals surface area (Å²) in [6.07, 6.45) is -0.730. The lowest BCUT2D eigenvalue weighted by molar-refractivity contribution is -0.144. The second kappa shape index (κ2) is 11.3. The summed E-state index contributed by atoms with van der Waals surface area (Å²) in [5, 5.41) is 4.94. The largest absolute Gasteiger partial charge is 0.468 e. The van der Waals surface area contributed by atoms with Gasteiger partial charge in [0.2, 0.25) is 11.8 Å². The first-order chi connectivity index (χ1) is 14.4. The van der Waals surface area contributed by atoms with E-state index in [9.17, 15) is 19.2 Å². The number of nitrogens with one attached hydrogen (secondary N) is 2. The topological polar surface area (TPSA) is 114 Å². The molecule has 0 saturated heterocycles. The highest BCUT2D eigenvalue weighted by molar-refractivity contribution is 5.92. The quantitative estimate of drug-likeness (QED) is 0.605. The van der Waals surface area contributed by atoms with E-state index >= 15 is 0 Å². The van der Waals surface area contributed by atoms with Crippen molar-refractivity contribution in [3.05, 3.63) is 35.4 Å². The molecule has 0 aliphatic heterocycles. The second-order valence-electron chi connectivity index (χ2n) is 8.36. The van der Waals surface area contributed by atoms with Crippen LogP contribution in [0.2, 0.25) is 0 Å². The molecule has 0 aliphatic rings. The number of methoxy groups -OCH3 is 1. The highest BCUT2D eigenvalue weighted by Crippen LogP contribution is 2.24. The van der Waals surface area contributed by atoms with E-state index in [1.54, 1.807) is 46.8 Å². The Hall–Kier alpha value is -3.10. The summed E-state index contributed by atoms with van der Waals surface area (Å²) < 4.78 is 9.73. The van der Waals surface area contributed by atoms with Crippen LogP contribution in [0.1, 0.15) is 51.8 Å². The maximum atomic E-state index is 13.0. The number of hydrogen-bond donors (Lipinski definition) is 2. The monoisotopic (exact) mass is 435 g/mol. The normalized spacial score (nSPS) is 12.0. The van der Waals surface area contributed by atoms with E-state index in [2.05, 4.69) is 15.4 Å². The minimum atomic E-state index is -1.00. The van der Waals surface area contributed by atoms with Crippen molar-refractivity contribution in [2.75, 3.05) is 20.2 Å². The van der Waals surface area contributed by atoms with Gasteiger partial charge in [0.1, 0.15) is 24.7 Å². The van der Waals surface area contributed by atoms with Crippen molar-refractivity contribution in [3.63, 3.8) is 0 Å². The Morgan fingerprint density at radius 1 is 1.00 bits per heavy atom. The number of carbonyl (C=O) groups is 4. The number of benzene rings is 1. The lowest BCUT2D eigenvalue weighted by atomic mass is 10.0. The molecule has 0 saturated carbocycles. The van der Waals surface area contributed by atoms with Crippen LogP contribution in [0.15, 0.2) is 24.3 Å². The van der Waals surface area contributed by atoms with Gasteiger partial charge in [-0.2, -0.15) is 0 Å². The molecule has 3 amide bonds. The van der Waals surface area contributed by atoms with Gasteiger partial charge < -0.3 is 25.0 Å². The number of ether oxygens (including phenoxy) is 2.